The molecule has 138 valence electrons. The van der Waals surface area contributed by atoms with E-state index in [0.717, 1.165) is 11.7 Å². The van der Waals surface area contributed by atoms with Gasteiger partial charge in [0.05, 0.1) is 22.7 Å². The molecule has 26 heavy (non-hydrogen) atoms. The molecule has 0 bridgehead atoms. The lowest BCUT2D eigenvalue weighted by atomic mass is 10.2. The molecular formula is C16H14F3N3O3S. The number of alkyl halides is 3. The molecule has 3 aromatic rings. The van der Waals surface area contributed by atoms with Gasteiger partial charge < -0.3 is 4.74 Å². The Balaban J connectivity index is 2.19. The number of aromatic nitrogens is 3. The van der Waals surface area contributed by atoms with Crippen molar-refractivity contribution in [2.45, 2.75) is 19.7 Å². The first kappa shape index (κ1) is 18.3. The Labute approximate surface area is 149 Å². The minimum absolute atomic E-state index is 0.176. The van der Waals surface area contributed by atoms with Gasteiger partial charge in [-0.1, -0.05) is 0 Å². The number of ether oxygens (including phenoxy) is 1. The first-order valence-corrected chi connectivity index (χ1v) is 8.38. The van der Waals surface area contributed by atoms with E-state index in [-0.39, 0.29) is 12.3 Å². The summed E-state index contributed by atoms with van der Waals surface area (Å²) in [6, 6.07) is 5.14. The molecule has 0 aliphatic rings. The molecule has 1 aromatic carbocycles. The van der Waals surface area contributed by atoms with Crippen molar-refractivity contribution >= 4 is 21.6 Å². The second-order valence-corrected chi connectivity index (χ2v) is 6.29. The summed E-state index contributed by atoms with van der Waals surface area (Å²) in [6.45, 7) is 2.60. The van der Waals surface area contributed by atoms with E-state index in [9.17, 15) is 22.8 Å². The zero-order valence-corrected chi connectivity index (χ0v) is 14.6. The van der Waals surface area contributed by atoms with Gasteiger partial charge in [-0.25, -0.2) is 9.36 Å². The Morgan fingerprint density at radius 2 is 1.96 bits per heavy atom. The second kappa shape index (κ2) is 6.69. The summed E-state index contributed by atoms with van der Waals surface area (Å²) in [7, 11) is 0.978. The van der Waals surface area contributed by atoms with Crippen LogP contribution in [0, 0.1) is 0 Å². The van der Waals surface area contributed by atoms with Gasteiger partial charge in [-0.2, -0.15) is 17.5 Å². The van der Waals surface area contributed by atoms with Gasteiger partial charge in [-0.3, -0.25) is 9.36 Å². The molecule has 0 saturated carbocycles. The standard InChI is InChI=1S/C16H14F3N3O3S/c1-3-25-8-11-10-6-9(4-5-12(10)26-20-11)22-14(23)7-13(16(17,18)19)21(2)15(22)24/h4-7H,3,8H2,1-2H3. The fourth-order valence-corrected chi connectivity index (χ4v) is 3.32. The maximum absolute atomic E-state index is 13.0. The Morgan fingerprint density at radius 1 is 1.23 bits per heavy atom. The maximum Gasteiger partial charge on any atom is 0.431 e. The molecule has 0 saturated heterocycles. The van der Waals surface area contributed by atoms with Crippen molar-refractivity contribution in [3.05, 3.63) is 56.5 Å². The fourth-order valence-electron chi connectivity index (χ4n) is 2.55. The topological polar surface area (TPSA) is 66.1 Å². The van der Waals surface area contributed by atoms with E-state index in [1.807, 2.05) is 6.92 Å². The molecule has 0 radical (unpaired) electrons. The van der Waals surface area contributed by atoms with Crippen LogP contribution < -0.4 is 11.2 Å². The van der Waals surface area contributed by atoms with E-state index in [0.29, 0.717) is 32.9 Å². The van der Waals surface area contributed by atoms with Crippen LogP contribution in [0.5, 0.6) is 0 Å². The molecule has 0 N–H and O–H groups in total. The quantitative estimate of drug-likeness (QED) is 0.693. The van der Waals surface area contributed by atoms with Crippen LogP contribution in [0.1, 0.15) is 18.3 Å². The van der Waals surface area contributed by atoms with Crippen molar-refractivity contribution < 1.29 is 17.9 Å². The van der Waals surface area contributed by atoms with Gasteiger partial charge in [-0.15, -0.1) is 0 Å². The number of fused-ring (bicyclic) bond motifs is 1. The number of hydrogen-bond acceptors (Lipinski definition) is 5. The van der Waals surface area contributed by atoms with Crippen molar-refractivity contribution in [3.8, 4) is 5.69 Å². The zero-order valence-electron chi connectivity index (χ0n) is 13.8. The summed E-state index contributed by atoms with van der Waals surface area (Å²) in [6.07, 6.45) is -4.79. The van der Waals surface area contributed by atoms with Gasteiger partial charge in [0.15, 0.2) is 0 Å². The molecular weight excluding hydrogens is 371 g/mol. The van der Waals surface area contributed by atoms with E-state index >= 15 is 0 Å². The minimum Gasteiger partial charge on any atom is -0.375 e. The lowest BCUT2D eigenvalue weighted by Crippen LogP contribution is -2.40. The third kappa shape index (κ3) is 3.17. The summed E-state index contributed by atoms with van der Waals surface area (Å²) >= 11 is 1.24. The second-order valence-electron chi connectivity index (χ2n) is 5.49. The highest BCUT2D eigenvalue weighted by atomic mass is 32.1. The fraction of sp³-hybridized carbons (Fsp3) is 0.312. The normalized spacial score (nSPS) is 12.0. The van der Waals surface area contributed by atoms with E-state index < -0.39 is 23.1 Å². The maximum atomic E-state index is 13.0. The predicted molar refractivity (Wildman–Crippen MR) is 90.8 cm³/mol. The van der Waals surface area contributed by atoms with Crippen molar-refractivity contribution in [1.29, 1.82) is 0 Å². The van der Waals surface area contributed by atoms with Crippen LogP contribution in [0.4, 0.5) is 13.2 Å². The van der Waals surface area contributed by atoms with Crippen LogP contribution in [-0.2, 0) is 24.6 Å². The van der Waals surface area contributed by atoms with Gasteiger partial charge in [0.1, 0.15) is 5.69 Å². The van der Waals surface area contributed by atoms with Crippen molar-refractivity contribution in [2.75, 3.05) is 6.61 Å². The first-order valence-electron chi connectivity index (χ1n) is 7.60. The summed E-state index contributed by atoms with van der Waals surface area (Å²) in [5.41, 5.74) is -2.59. The van der Waals surface area contributed by atoms with Crippen LogP contribution in [0.2, 0.25) is 0 Å². The molecule has 6 nitrogen and oxygen atoms in total. The van der Waals surface area contributed by atoms with Gasteiger partial charge >= 0.3 is 11.9 Å². The van der Waals surface area contributed by atoms with Gasteiger partial charge in [0.25, 0.3) is 5.56 Å². The average molecular weight is 385 g/mol. The number of halogens is 3. The van der Waals surface area contributed by atoms with Gasteiger partial charge in [0, 0.05) is 25.1 Å². The molecule has 3 rings (SSSR count). The number of hydrogen-bond donors (Lipinski definition) is 0. The van der Waals surface area contributed by atoms with Crippen molar-refractivity contribution in [1.82, 2.24) is 13.5 Å². The summed E-state index contributed by atoms with van der Waals surface area (Å²) in [4.78, 5) is 24.6. The molecule has 0 fully saturated rings. The Kier molecular flexibility index (Phi) is 4.72. The minimum atomic E-state index is -4.79. The highest BCUT2D eigenvalue weighted by molar-refractivity contribution is 7.13. The molecule has 0 aliphatic carbocycles. The van der Waals surface area contributed by atoms with Crippen LogP contribution in [0.25, 0.3) is 15.8 Å². The monoisotopic (exact) mass is 385 g/mol. The molecule has 0 amide bonds. The average Bonchev–Trinajstić information content (AvgIpc) is 2.98. The molecule has 0 unspecified atom stereocenters. The number of nitrogens with zero attached hydrogens (tertiary/aromatic N) is 3. The van der Waals surface area contributed by atoms with E-state index in [2.05, 4.69) is 4.37 Å². The Bertz CT molecular complexity index is 1080. The SMILES string of the molecule is CCOCc1nsc2ccc(-n3c(=O)cc(C(F)(F)F)n(C)c3=O)cc12. The molecule has 2 heterocycles. The molecule has 10 heteroatoms. The van der Waals surface area contributed by atoms with Gasteiger partial charge in [-0.05, 0) is 36.7 Å². The molecule has 0 spiro atoms. The van der Waals surface area contributed by atoms with E-state index in [1.165, 1.54) is 17.6 Å². The van der Waals surface area contributed by atoms with Crippen molar-refractivity contribution in [2.24, 2.45) is 7.05 Å². The third-order valence-corrected chi connectivity index (χ3v) is 4.70. The van der Waals surface area contributed by atoms with Crippen LogP contribution in [0.15, 0.2) is 33.9 Å². The summed E-state index contributed by atoms with van der Waals surface area (Å²) in [5, 5.41) is 0.690. The predicted octanol–water partition coefficient (Wildman–Crippen LogP) is 2.70. The van der Waals surface area contributed by atoms with Crippen molar-refractivity contribution in [3.63, 3.8) is 0 Å². The highest BCUT2D eigenvalue weighted by Gasteiger charge is 2.35. The summed E-state index contributed by atoms with van der Waals surface area (Å²) < 4.78 is 50.4. The summed E-state index contributed by atoms with van der Waals surface area (Å²) in [5.74, 6) is 0. The Morgan fingerprint density at radius 3 is 2.62 bits per heavy atom. The van der Waals surface area contributed by atoms with E-state index in [4.69, 9.17) is 4.74 Å². The molecule has 0 atom stereocenters. The number of benzene rings is 1. The zero-order chi connectivity index (χ0) is 19.1. The lowest BCUT2D eigenvalue weighted by molar-refractivity contribution is -0.144. The Hall–Kier alpha value is -2.46. The van der Waals surface area contributed by atoms with Crippen LogP contribution in [0.3, 0.4) is 0 Å². The van der Waals surface area contributed by atoms with Gasteiger partial charge in [0.2, 0.25) is 0 Å². The molecule has 0 aliphatic heterocycles. The third-order valence-electron chi connectivity index (χ3n) is 3.84. The van der Waals surface area contributed by atoms with Crippen LogP contribution >= 0.6 is 11.5 Å². The first-order chi connectivity index (χ1) is 12.2. The molecule has 2 aromatic heterocycles. The number of rotatable bonds is 4. The highest BCUT2D eigenvalue weighted by Crippen LogP contribution is 2.28. The largest absolute Gasteiger partial charge is 0.431 e. The lowest BCUT2D eigenvalue weighted by Gasteiger charge is -2.14. The van der Waals surface area contributed by atoms with Crippen LogP contribution in [-0.4, -0.2) is 20.1 Å². The van der Waals surface area contributed by atoms with E-state index in [1.54, 1.807) is 12.1 Å². The smallest absolute Gasteiger partial charge is 0.375 e.